The molecule has 0 saturated heterocycles. The Hall–Kier alpha value is -0.640. The Morgan fingerprint density at radius 1 is 1.21 bits per heavy atom. The molecule has 1 unspecified atom stereocenters. The van der Waals surface area contributed by atoms with Crippen LogP contribution >= 0.6 is 54.5 Å². The lowest BCUT2D eigenvalue weighted by molar-refractivity contribution is 0.0511. The van der Waals surface area contributed by atoms with Gasteiger partial charge in [0.2, 0.25) is 0 Å². The number of benzene rings is 2. The summed E-state index contributed by atoms with van der Waals surface area (Å²) in [4.78, 5) is 12.4. The minimum atomic E-state index is -0.412. The summed E-state index contributed by atoms with van der Waals surface area (Å²) in [5.74, 6) is 0.759. The maximum absolute atomic E-state index is 12.4. The average Bonchev–Trinajstić information content (AvgIpc) is 2.61. The van der Waals surface area contributed by atoms with E-state index >= 15 is 0 Å². The molecule has 0 saturated carbocycles. The zero-order valence-corrected chi connectivity index (χ0v) is 18.1. The van der Waals surface area contributed by atoms with E-state index in [0.29, 0.717) is 22.4 Å². The van der Waals surface area contributed by atoms with Gasteiger partial charge in [0.15, 0.2) is 6.79 Å². The van der Waals surface area contributed by atoms with Crippen LogP contribution in [0.1, 0.15) is 20.7 Å². The number of hydrogen-bond donors (Lipinski definition) is 0. The quantitative estimate of drug-likeness (QED) is 0.149. The second-order valence-electron chi connectivity index (χ2n) is 4.77. The SMILES string of the molecule is COCOc1ccc(C(=O)Oc2ccc(I)cc2C(Br)CBr)cc1. The van der Waals surface area contributed by atoms with Crippen molar-refractivity contribution in [2.24, 2.45) is 0 Å². The predicted molar refractivity (Wildman–Crippen MR) is 109 cm³/mol. The molecule has 1 atom stereocenters. The van der Waals surface area contributed by atoms with Crippen molar-refractivity contribution in [1.29, 1.82) is 0 Å². The third-order valence-corrected chi connectivity index (χ3v) is 6.09. The van der Waals surface area contributed by atoms with Crippen molar-refractivity contribution in [3.05, 3.63) is 57.2 Å². The zero-order valence-electron chi connectivity index (χ0n) is 12.8. The number of ether oxygens (including phenoxy) is 3. The van der Waals surface area contributed by atoms with Gasteiger partial charge in [-0.25, -0.2) is 4.79 Å². The molecular formula is C17H15Br2IO4. The highest BCUT2D eigenvalue weighted by Crippen LogP contribution is 2.34. The van der Waals surface area contributed by atoms with Crippen molar-refractivity contribution < 1.29 is 19.0 Å². The molecule has 0 aliphatic heterocycles. The lowest BCUT2D eigenvalue weighted by Gasteiger charge is -2.14. The molecule has 24 heavy (non-hydrogen) atoms. The summed E-state index contributed by atoms with van der Waals surface area (Å²) in [5.41, 5.74) is 1.38. The highest BCUT2D eigenvalue weighted by molar-refractivity contribution is 14.1. The van der Waals surface area contributed by atoms with E-state index < -0.39 is 5.97 Å². The summed E-state index contributed by atoms with van der Waals surface area (Å²) in [5, 5.41) is 0.711. The molecule has 128 valence electrons. The summed E-state index contributed by atoms with van der Waals surface area (Å²) in [6, 6.07) is 12.4. The van der Waals surface area contributed by atoms with Crippen LogP contribution in [0.25, 0.3) is 0 Å². The minimum absolute atomic E-state index is 0.0554. The Morgan fingerprint density at radius 2 is 1.92 bits per heavy atom. The fourth-order valence-corrected chi connectivity index (χ4v) is 3.14. The van der Waals surface area contributed by atoms with Gasteiger partial charge in [0.1, 0.15) is 11.5 Å². The maximum atomic E-state index is 12.4. The van der Waals surface area contributed by atoms with E-state index in [1.807, 2.05) is 18.2 Å². The van der Waals surface area contributed by atoms with Gasteiger partial charge >= 0.3 is 5.97 Å². The van der Waals surface area contributed by atoms with Gasteiger partial charge < -0.3 is 14.2 Å². The molecule has 4 nitrogen and oxygen atoms in total. The Morgan fingerprint density at radius 3 is 2.54 bits per heavy atom. The number of halogens is 3. The highest BCUT2D eigenvalue weighted by atomic mass is 127. The maximum Gasteiger partial charge on any atom is 0.343 e. The monoisotopic (exact) mass is 568 g/mol. The van der Waals surface area contributed by atoms with Crippen LogP contribution < -0.4 is 9.47 Å². The van der Waals surface area contributed by atoms with Gasteiger partial charge in [-0.2, -0.15) is 0 Å². The summed E-state index contributed by atoms with van der Waals surface area (Å²) in [7, 11) is 1.55. The zero-order chi connectivity index (χ0) is 17.5. The van der Waals surface area contributed by atoms with Gasteiger partial charge in [0.25, 0.3) is 0 Å². The summed E-state index contributed by atoms with van der Waals surface area (Å²) < 4.78 is 16.8. The Bertz CT molecular complexity index is 691. The first-order valence-corrected chi connectivity index (χ1v) is 10.1. The second kappa shape index (κ2) is 9.74. The standard InChI is InChI=1S/C17H15Br2IO4/c1-22-10-23-13-5-2-11(3-6-13)17(21)24-16-7-4-12(20)8-14(16)15(19)9-18/h2-8,15H,9-10H2,1H3. The van der Waals surface area contributed by atoms with Crippen LogP contribution in [-0.4, -0.2) is 25.2 Å². The fraction of sp³-hybridized carbons (Fsp3) is 0.235. The lowest BCUT2D eigenvalue weighted by Crippen LogP contribution is -2.10. The van der Waals surface area contributed by atoms with E-state index in [4.69, 9.17) is 14.2 Å². The van der Waals surface area contributed by atoms with Gasteiger partial charge in [-0.05, 0) is 65.1 Å². The fourth-order valence-electron chi connectivity index (χ4n) is 1.91. The summed E-state index contributed by atoms with van der Waals surface area (Å²) in [6.07, 6.45) is 0. The van der Waals surface area contributed by atoms with E-state index in [1.54, 1.807) is 31.4 Å². The summed E-state index contributed by atoms with van der Waals surface area (Å²) in [6.45, 7) is 0.162. The number of carbonyl (C=O) groups excluding carboxylic acids is 1. The van der Waals surface area contributed by atoms with Gasteiger partial charge in [-0.1, -0.05) is 31.9 Å². The molecule has 0 spiro atoms. The molecular weight excluding hydrogens is 555 g/mol. The van der Waals surface area contributed by atoms with Crippen LogP contribution in [0.2, 0.25) is 0 Å². The molecule has 0 heterocycles. The van der Waals surface area contributed by atoms with E-state index in [0.717, 1.165) is 9.13 Å². The van der Waals surface area contributed by atoms with Gasteiger partial charge in [0, 0.05) is 21.6 Å². The van der Waals surface area contributed by atoms with Crippen LogP contribution in [0.5, 0.6) is 11.5 Å². The van der Waals surface area contributed by atoms with Crippen molar-refractivity contribution >= 4 is 60.4 Å². The van der Waals surface area contributed by atoms with Crippen molar-refractivity contribution in [3.8, 4) is 11.5 Å². The number of alkyl halides is 2. The Labute approximate surface area is 171 Å². The average molecular weight is 570 g/mol. The van der Waals surface area contributed by atoms with Crippen molar-refractivity contribution in [2.45, 2.75) is 4.83 Å². The third kappa shape index (κ3) is 5.44. The summed E-state index contributed by atoms with van der Waals surface area (Å²) >= 11 is 9.25. The number of esters is 1. The van der Waals surface area contributed by atoms with Gasteiger partial charge in [0.05, 0.1) is 10.4 Å². The van der Waals surface area contributed by atoms with E-state index in [2.05, 4.69) is 54.5 Å². The largest absolute Gasteiger partial charge is 0.468 e. The van der Waals surface area contributed by atoms with Crippen LogP contribution in [-0.2, 0) is 4.74 Å². The molecule has 0 bridgehead atoms. The molecule has 2 aromatic rings. The number of carbonyl (C=O) groups is 1. The first-order chi connectivity index (χ1) is 11.5. The van der Waals surface area contributed by atoms with Gasteiger partial charge in [-0.15, -0.1) is 0 Å². The lowest BCUT2D eigenvalue weighted by atomic mass is 10.1. The predicted octanol–water partition coefficient (Wildman–Crippen LogP) is 5.32. The smallest absolute Gasteiger partial charge is 0.343 e. The molecule has 0 fully saturated rings. The molecule has 0 aliphatic rings. The van der Waals surface area contributed by atoms with Crippen LogP contribution in [0.3, 0.4) is 0 Å². The van der Waals surface area contributed by atoms with E-state index in [1.165, 1.54) is 0 Å². The molecule has 0 radical (unpaired) electrons. The Balaban J connectivity index is 2.14. The van der Waals surface area contributed by atoms with Crippen molar-refractivity contribution in [2.75, 3.05) is 19.2 Å². The molecule has 0 N–H and O–H groups in total. The van der Waals surface area contributed by atoms with Gasteiger partial charge in [-0.3, -0.25) is 0 Å². The second-order valence-corrected chi connectivity index (χ2v) is 7.77. The van der Waals surface area contributed by atoms with Crippen LogP contribution in [0, 0.1) is 3.57 Å². The van der Waals surface area contributed by atoms with E-state index in [-0.39, 0.29) is 11.6 Å². The number of rotatable bonds is 7. The first kappa shape index (κ1) is 19.7. The molecule has 0 aliphatic carbocycles. The number of hydrogen-bond acceptors (Lipinski definition) is 4. The molecule has 7 heteroatoms. The van der Waals surface area contributed by atoms with Crippen molar-refractivity contribution in [1.82, 2.24) is 0 Å². The molecule has 2 aromatic carbocycles. The minimum Gasteiger partial charge on any atom is -0.468 e. The third-order valence-electron chi connectivity index (χ3n) is 3.08. The highest BCUT2D eigenvalue weighted by Gasteiger charge is 2.17. The molecule has 0 amide bonds. The topological polar surface area (TPSA) is 44.8 Å². The van der Waals surface area contributed by atoms with E-state index in [9.17, 15) is 4.79 Å². The van der Waals surface area contributed by atoms with Crippen LogP contribution in [0.4, 0.5) is 0 Å². The number of methoxy groups -OCH3 is 1. The Kier molecular flexibility index (Phi) is 7.99. The van der Waals surface area contributed by atoms with Crippen molar-refractivity contribution in [3.63, 3.8) is 0 Å². The molecule has 2 rings (SSSR count). The van der Waals surface area contributed by atoms with Crippen LogP contribution in [0.15, 0.2) is 42.5 Å². The first-order valence-electron chi connectivity index (χ1n) is 6.98. The molecule has 0 aromatic heterocycles. The normalized spacial score (nSPS) is 11.8.